The second kappa shape index (κ2) is 4.30. The van der Waals surface area contributed by atoms with E-state index in [0.717, 1.165) is 18.7 Å². The molecular formula is C10H13N7O. The molecule has 1 unspecified atom stereocenters. The smallest absolute Gasteiger partial charge is 0.251 e. The van der Waals surface area contributed by atoms with Crippen LogP contribution >= 0.6 is 0 Å². The minimum atomic E-state index is -0.00510. The Hall–Kier alpha value is -2.08. The third-order valence-electron chi connectivity index (χ3n) is 3.30. The van der Waals surface area contributed by atoms with Crippen molar-refractivity contribution in [1.82, 2.24) is 15.2 Å². The molecule has 0 spiro atoms. The molecule has 0 aromatic carbocycles. The van der Waals surface area contributed by atoms with Crippen molar-refractivity contribution in [3.05, 3.63) is 16.3 Å². The van der Waals surface area contributed by atoms with E-state index >= 15 is 0 Å². The van der Waals surface area contributed by atoms with Gasteiger partial charge in [-0.05, 0) is 24.3 Å². The average Bonchev–Trinajstić information content (AvgIpc) is 2.98. The quantitative estimate of drug-likeness (QED) is 0.492. The van der Waals surface area contributed by atoms with E-state index in [4.69, 9.17) is 5.53 Å². The molecule has 94 valence electrons. The molecule has 2 fully saturated rings. The zero-order valence-corrected chi connectivity index (χ0v) is 9.78. The highest BCUT2D eigenvalue weighted by Gasteiger charge is 2.34. The van der Waals surface area contributed by atoms with Crippen molar-refractivity contribution in [3.8, 4) is 0 Å². The number of aromatic amines is 1. The molecule has 1 N–H and O–H groups in total. The van der Waals surface area contributed by atoms with Crippen LogP contribution in [0.2, 0.25) is 0 Å². The molecule has 3 rings (SSSR count). The molecule has 2 heterocycles. The summed E-state index contributed by atoms with van der Waals surface area (Å²) in [5.74, 6) is 1.87. The maximum Gasteiger partial charge on any atom is 0.251 e. The Morgan fingerprint density at radius 3 is 3.11 bits per heavy atom. The lowest BCUT2D eigenvalue weighted by Gasteiger charge is -2.10. The summed E-state index contributed by atoms with van der Waals surface area (Å²) in [5, 5.41) is 10.5. The lowest BCUT2D eigenvalue weighted by molar-refractivity contribution is -0.117. The zero-order chi connectivity index (χ0) is 12.5. The Kier molecular flexibility index (Phi) is 2.64. The van der Waals surface area contributed by atoms with Gasteiger partial charge in [-0.3, -0.25) is 14.8 Å². The molecule has 8 nitrogen and oxygen atoms in total. The van der Waals surface area contributed by atoms with Crippen LogP contribution in [0.5, 0.6) is 0 Å². The maximum absolute atomic E-state index is 11.8. The number of H-pyrrole nitrogens is 1. The molecule has 1 saturated heterocycles. The van der Waals surface area contributed by atoms with Crippen LogP contribution < -0.4 is 4.90 Å². The lowest BCUT2D eigenvalue weighted by atomic mass is 10.1. The number of aromatic nitrogens is 3. The number of nitrogens with zero attached hydrogens (tertiary/aromatic N) is 6. The van der Waals surface area contributed by atoms with Crippen LogP contribution in [-0.4, -0.2) is 34.2 Å². The van der Waals surface area contributed by atoms with Gasteiger partial charge >= 0.3 is 0 Å². The van der Waals surface area contributed by atoms with Gasteiger partial charge in [-0.1, -0.05) is 5.11 Å². The largest absolute Gasteiger partial charge is 0.279 e. The Morgan fingerprint density at radius 1 is 1.56 bits per heavy atom. The Bertz CT molecular complexity index is 514. The van der Waals surface area contributed by atoms with Crippen molar-refractivity contribution in [2.24, 2.45) is 11.0 Å². The van der Waals surface area contributed by atoms with Crippen molar-refractivity contribution in [2.45, 2.75) is 25.2 Å². The summed E-state index contributed by atoms with van der Waals surface area (Å²) >= 11 is 0. The summed E-state index contributed by atoms with van der Waals surface area (Å²) in [4.78, 5) is 20.5. The fourth-order valence-electron chi connectivity index (χ4n) is 2.17. The van der Waals surface area contributed by atoms with E-state index in [2.05, 4.69) is 25.2 Å². The highest BCUT2D eigenvalue weighted by molar-refractivity contribution is 5.94. The summed E-state index contributed by atoms with van der Waals surface area (Å²) in [5.41, 5.74) is 8.28. The molecule has 1 aromatic heterocycles. The van der Waals surface area contributed by atoms with Crippen LogP contribution in [0.4, 0.5) is 5.95 Å². The summed E-state index contributed by atoms with van der Waals surface area (Å²) in [6, 6.07) is 0. The highest BCUT2D eigenvalue weighted by Crippen LogP contribution is 2.38. The Morgan fingerprint density at radius 2 is 2.39 bits per heavy atom. The first-order valence-corrected chi connectivity index (χ1v) is 6.01. The summed E-state index contributed by atoms with van der Waals surface area (Å²) in [6.45, 7) is 0.873. The number of hydrogen-bond acceptors (Lipinski definition) is 4. The van der Waals surface area contributed by atoms with Gasteiger partial charge in [-0.25, -0.2) is 0 Å². The van der Waals surface area contributed by atoms with Gasteiger partial charge in [0.25, 0.3) is 5.95 Å². The van der Waals surface area contributed by atoms with Gasteiger partial charge in [0, 0.05) is 30.3 Å². The van der Waals surface area contributed by atoms with E-state index in [-0.39, 0.29) is 11.8 Å². The number of hydrogen-bond donors (Lipinski definition) is 1. The summed E-state index contributed by atoms with van der Waals surface area (Å²) < 4.78 is 0. The molecule has 1 amide bonds. The minimum absolute atomic E-state index is 0.00510. The number of nitrogens with one attached hydrogen (secondary N) is 1. The summed E-state index contributed by atoms with van der Waals surface area (Å²) in [7, 11) is 0. The highest BCUT2D eigenvalue weighted by atomic mass is 16.2. The maximum atomic E-state index is 11.8. The number of anilines is 1. The molecule has 0 radical (unpaired) electrons. The predicted molar refractivity (Wildman–Crippen MR) is 62.8 cm³/mol. The van der Waals surface area contributed by atoms with Gasteiger partial charge in [-0.15, -0.1) is 5.10 Å². The van der Waals surface area contributed by atoms with Crippen molar-refractivity contribution < 1.29 is 4.79 Å². The van der Waals surface area contributed by atoms with Gasteiger partial charge in [0.15, 0.2) is 0 Å². The first-order valence-electron chi connectivity index (χ1n) is 6.01. The van der Waals surface area contributed by atoms with Crippen molar-refractivity contribution in [3.63, 3.8) is 0 Å². The number of azide groups is 1. The first-order chi connectivity index (χ1) is 8.78. The molecule has 1 aliphatic carbocycles. The molecule has 1 saturated carbocycles. The number of amides is 1. The fraction of sp³-hybridized carbons (Fsp3) is 0.700. The third-order valence-corrected chi connectivity index (χ3v) is 3.30. The second-order valence-corrected chi connectivity index (χ2v) is 4.78. The fourth-order valence-corrected chi connectivity index (χ4v) is 2.17. The Labute approximate surface area is 103 Å². The van der Waals surface area contributed by atoms with E-state index in [0.29, 0.717) is 31.4 Å². The van der Waals surface area contributed by atoms with Gasteiger partial charge in [-0.2, -0.15) is 4.98 Å². The Balaban J connectivity index is 1.71. The minimum Gasteiger partial charge on any atom is -0.279 e. The van der Waals surface area contributed by atoms with E-state index in [9.17, 15) is 4.79 Å². The van der Waals surface area contributed by atoms with Gasteiger partial charge in [0.2, 0.25) is 5.91 Å². The molecule has 1 aromatic rings. The molecule has 8 heteroatoms. The van der Waals surface area contributed by atoms with Crippen molar-refractivity contribution in [1.29, 1.82) is 0 Å². The topological polar surface area (TPSA) is 111 Å². The monoisotopic (exact) mass is 247 g/mol. The van der Waals surface area contributed by atoms with E-state index < -0.39 is 0 Å². The average molecular weight is 247 g/mol. The van der Waals surface area contributed by atoms with Crippen LogP contribution in [0.25, 0.3) is 10.4 Å². The van der Waals surface area contributed by atoms with Crippen molar-refractivity contribution in [2.75, 3.05) is 18.0 Å². The van der Waals surface area contributed by atoms with Crippen LogP contribution in [0.1, 0.15) is 31.0 Å². The van der Waals surface area contributed by atoms with E-state index in [1.807, 2.05) is 0 Å². The third kappa shape index (κ3) is 2.02. The molecule has 18 heavy (non-hydrogen) atoms. The molecular weight excluding hydrogens is 234 g/mol. The van der Waals surface area contributed by atoms with Gasteiger partial charge < -0.3 is 0 Å². The molecule has 1 atom stereocenters. The van der Waals surface area contributed by atoms with Crippen LogP contribution in [-0.2, 0) is 4.79 Å². The van der Waals surface area contributed by atoms with Gasteiger partial charge in [0.05, 0.1) is 0 Å². The standard InChI is InChI=1S/C10H13N7O/c11-16-12-4-6-3-8(18)17(5-6)10-13-9(14-15-10)7-1-2-7/h6-7H,1-5H2,(H,13,14,15). The van der Waals surface area contributed by atoms with E-state index in [1.54, 1.807) is 4.90 Å². The normalized spacial score (nSPS) is 23.2. The molecule has 0 bridgehead atoms. The van der Waals surface area contributed by atoms with Crippen LogP contribution in [0, 0.1) is 5.92 Å². The molecule has 1 aliphatic heterocycles. The molecule has 2 aliphatic rings. The van der Waals surface area contributed by atoms with Crippen LogP contribution in [0.15, 0.2) is 5.11 Å². The van der Waals surface area contributed by atoms with Gasteiger partial charge in [0.1, 0.15) is 5.82 Å². The SMILES string of the molecule is [N-]=[N+]=NCC1CC(=O)N(c2n[nH]c(C3CC3)n2)C1. The predicted octanol–water partition coefficient (Wildman–Crippen LogP) is 1.35. The van der Waals surface area contributed by atoms with Crippen molar-refractivity contribution >= 4 is 11.9 Å². The van der Waals surface area contributed by atoms with E-state index in [1.165, 1.54) is 0 Å². The second-order valence-electron chi connectivity index (χ2n) is 4.78. The van der Waals surface area contributed by atoms with Crippen LogP contribution in [0.3, 0.4) is 0 Å². The number of carbonyl (C=O) groups excluding carboxylic acids is 1. The zero-order valence-electron chi connectivity index (χ0n) is 9.78. The number of rotatable bonds is 4. The lowest BCUT2D eigenvalue weighted by Crippen LogP contribution is -2.26. The first kappa shape index (κ1) is 11.0. The number of carbonyl (C=O) groups is 1. The summed E-state index contributed by atoms with van der Waals surface area (Å²) in [6.07, 6.45) is 2.68.